The molecule has 1 heterocycles. The van der Waals surface area contributed by atoms with Gasteiger partial charge in [0.2, 0.25) is 0 Å². The molecule has 1 aliphatic heterocycles. The summed E-state index contributed by atoms with van der Waals surface area (Å²) in [4.78, 5) is 23.7. The molecule has 1 fully saturated rings. The third kappa shape index (κ3) is 4.66. The summed E-state index contributed by atoms with van der Waals surface area (Å²) in [7, 11) is 0. The van der Waals surface area contributed by atoms with Gasteiger partial charge in [-0.3, -0.25) is 9.59 Å². The highest BCUT2D eigenvalue weighted by molar-refractivity contribution is 5.76. The highest BCUT2D eigenvalue weighted by Gasteiger charge is 2.47. The first-order chi connectivity index (χ1) is 9.84. The lowest BCUT2D eigenvalue weighted by Gasteiger charge is -2.25. The van der Waals surface area contributed by atoms with Gasteiger partial charge >= 0.3 is 11.9 Å². The highest BCUT2D eigenvalue weighted by atomic mass is 16.7. The molecule has 0 saturated carbocycles. The van der Waals surface area contributed by atoms with Crippen LogP contribution in [0.25, 0.3) is 0 Å². The molecule has 1 aliphatic rings. The van der Waals surface area contributed by atoms with E-state index < -0.39 is 47.4 Å². The standard InChI is InChI=1S/C15H26O7/c1-14(2,3)12(18)20-7-8-10(9(16)11(17)21-8)22-13(19)15(4,5)6/h8-11,16-17H,7H2,1-6H3/t8-,9-,10+,11+/m1/s1. The average molecular weight is 318 g/mol. The fourth-order valence-corrected chi connectivity index (χ4v) is 1.67. The zero-order chi connectivity index (χ0) is 17.3. The van der Waals surface area contributed by atoms with Crippen LogP contribution in [0.15, 0.2) is 0 Å². The van der Waals surface area contributed by atoms with Crippen molar-refractivity contribution in [3.8, 4) is 0 Å². The fourth-order valence-electron chi connectivity index (χ4n) is 1.67. The first kappa shape index (κ1) is 18.9. The van der Waals surface area contributed by atoms with E-state index in [1.165, 1.54) is 0 Å². The molecule has 1 saturated heterocycles. The van der Waals surface area contributed by atoms with Crippen LogP contribution in [0.4, 0.5) is 0 Å². The molecule has 0 aliphatic carbocycles. The topological polar surface area (TPSA) is 102 Å². The van der Waals surface area contributed by atoms with Gasteiger partial charge in [-0.2, -0.15) is 0 Å². The zero-order valence-electron chi connectivity index (χ0n) is 14.0. The average Bonchev–Trinajstić information content (AvgIpc) is 2.61. The summed E-state index contributed by atoms with van der Waals surface area (Å²) in [5, 5.41) is 19.5. The van der Waals surface area contributed by atoms with Gasteiger partial charge < -0.3 is 24.4 Å². The van der Waals surface area contributed by atoms with Gasteiger partial charge in [-0.1, -0.05) is 0 Å². The summed E-state index contributed by atoms with van der Waals surface area (Å²) >= 11 is 0. The Kier molecular flexibility index (Phi) is 5.59. The van der Waals surface area contributed by atoms with Crippen molar-refractivity contribution in [2.45, 2.75) is 66.1 Å². The van der Waals surface area contributed by atoms with E-state index in [4.69, 9.17) is 14.2 Å². The number of rotatable bonds is 3. The summed E-state index contributed by atoms with van der Waals surface area (Å²) in [6.45, 7) is 9.89. The van der Waals surface area contributed by atoms with Crippen molar-refractivity contribution in [3.05, 3.63) is 0 Å². The van der Waals surface area contributed by atoms with Gasteiger partial charge in [0.1, 0.15) is 18.8 Å². The predicted octanol–water partition coefficient (Wildman–Crippen LogP) is 0.612. The molecule has 0 aromatic rings. The molecule has 0 aromatic carbocycles. The minimum absolute atomic E-state index is 0.216. The summed E-state index contributed by atoms with van der Waals surface area (Å²) in [6, 6.07) is 0. The third-order valence-electron chi connectivity index (χ3n) is 3.16. The van der Waals surface area contributed by atoms with Gasteiger partial charge in [-0.05, 0) is 41.5 Å². The predicted molar refractivity (Wildman–Crippen MR) is 76.6 cm³/mol. The quantitative estimate of drug-likeness (QED) is 0.735. The maximum absolute atomic E-state index is 11.9. The van der Waals surface area contributed by atoms with Gasteiger partial charge in [0.15, 0.2) is 12.4 Å². The van der Waals surface area contributed by atoms with Gasteiger partial charge in [0.25, 0.3) is 0 Å². The SMILES string of the molecule is CC(C)(C)C(=O)OC[C@H]1O[C@H](O)[C@H](O)[C@H]1OC(=O)C(C)(C)C. The first-order valence-electron chi connectivity index (χ1n) is 7.24. The number of hydrogen-bond donors (Lipinski definition) is 2. The Morgan fingerprint density at radius 2 is 1.50 bits per heavy atom. The second-order valence-corrected chi connectivity index (χ2v) is 7.52. The molecule has 4 atom stereocenters. The lowest BCUT2D eigenvalue weighted by Crippen LogP contribution is -2.42. The van der Waals surface area contributed by atoms with Crippen molar-refractivity contribution in [2.75, 3.05) is 6.61 Å². The van der Waals surface area contributed by atoms with E-state index in [0.29, 0.717) is 0 Å². The number of carbonyl (C=O) groups excluding carboxylic acids is 2. The molecule has 22 heavy (non-hydrogen) atoms. The van der Waals surface area contributed by atoms with Crippen LogP contribution in [-0.4, -0.2) is 53.4 Å². The Hall–Kier alpha value is -1.18. The summed E-state index contributed by atoms with van der Waals surface area (Å²) in [6.07, 6.45) is -4.88. The molecule has 0 aromatic heterocycles. The highest BCUT2D eigenvalue weighted by Crippen LogP contribution is 2.27. The Labute approximate surface area is 130 Å². The van der Waals surface area contributed by atoms with Crippen LogP contribution in [0, 0.1) is 10.8 Å². The second-order valence-electron chi connectivity index (χ2n) is 7.52. The third-order valence-corrected chi connectivity index (χ3v) is 3.16. The molecule has 7 heteroatoms. The van der Waals surface area contributed by atoms with Crippen LogP contribution in [0.1, 0.15) is 41.5 Å². The lowest BCUT2D eigenvalue weighted by atomic mass is 9.97. The number of ether oxygens (including phenoxy) is 3. The van der Waals surface area contributed by atoms with Crippen LogP contribution in [0.2, 0.25) is 0 Å². The Balaban J connectivity index is 2.71. The fraction of sp³-hybridized carbons (Fsp3) is 0.867. The number of hydrogen-bond acceptors (Lipinski definition) is 7. The van der Waals surface area contributed by atoms with Crippen molar-refractivity contribution < 1.29 is 34.0 Å². The van der Waals surface area contributed by atoms with Crippen LogP contribution in [0.3, 0.4) is 0 Å². The lowest BCUT2D eigenvalue weighted by molar-refractivity contribution is -0.170. The van der Waals surface area contributed by atoms with E-state index in [2.05, 4.69) is 0 Å². The molecule has 0 amide bonds. The van der Waals surface area contributed by atoms with E-state index in [-0.39, 0.29) is 6.61 Å². The number of esters is 2. The molecule has 0 spiro atoms. The van der Waals surface area contributed by atoms with Gasteiger partial charge in [0, 0.05) is 0 Å². The zero-order valence-corrected chi connectivity index (χ0v) is 14.0. The molecule has 2 N–H and O–H groups in total. The van der Waals surface area contributed by atoms with E-state index in [1.807, 2.05) is 0 Å². The van der Waals surface area contributed by atoms with Crippen LogP contribution in [0.5, 0.6) is 0 Å². The van der Waals surface area contributed by atoms with Crippen molar-refractivity contribution in [1.29, 1.82) is 0 Å². The van der Waals surface area contributed by atoms with Crippen molar-refractivity contribution in [2.24, 2.45) is 10.8 Å². The van der Waals surface area contributed by atoms with Crippen molar-refractivity contribution in [1.82, 2.24) is 0 Å². The van der Waals surface area contributed by atoms with Gasteiger partial charge in [0.05, 0.1) is 10.8 Å². The molecule has 0 radical (unpaired) electrons. The smallest absolute Gasteiger partial charge is 0.311 e. The first-order valence-corrected chi connectivity index (χ1v) is 7.24. The van der Waals surface area contributed by atoms with Crippen LogP contribution < -0.4 is 0 Å². The summed E-state index contributed by atoms with van der Waals surface area (Å²) in [5.41, 5.74) is -1.45. The molecule has 0 bridgehead atoms. The molecule has 7 nitrogen and oxygen atoms in total. The van der Waals surface area contributed by atoms with Gasteiger partial charge in [-0.15, -0.1) is 0 Å². The molecular weight excluding hydrogens is 292 g/mol. The number of aliphatic hydroxyl groups is 2. The van der Waals surface area contributed by atoms with Gasteiger partial charge in [-0.25, -0.2) is 0 Å². The Morgan fingerprint density at radius 3 is 1.95 bits per heavy atom. The monoisotopic (exact) mass is 318 g/mol. The summed E-state index contributed by atoms with van der Waals surface area (Å²) in [5.74, 6) is -0.991. The van der Waals surface area contributed by atoms with E-state index >= 15 is 0 Å². The van der Waals surface area contributed by atoms with E-state index in [9.17, 15) is 19.8 Å². The largest absolute Gasteiger partial charge is 0.462 e. The van der Waals surface area contributed by atoms with Crippen LogP contribution >= 0.6 is 0 Å². The molecule has 128 valence electrons. The molecule has 0 unspecified atom stereocenters. The Bertz CT molecular complexity index is 419. The second kappa shape index (κ2) is 6.52. The van der Waals surface area contributed by atoms with Crippen molar-refractivity contribution in [3.63, 3.8) is 0 Å². The summed E-state index contributed by atoms with van der Waals surface area (Å²) < 4.78 is 15.4. The minimum Gasteiger partial charge on any atom is -0.462 e. The maximum atomic E-state index is 11.9. The van der Waals surface area contributed by atoms with Crippen LogP contribution in [-0.2, 0) is 23.8 Å². The van der Waals surface area contributed by atoms with E-state index in [1.54, 1.807) is 41.5 Å². The van der Waals surface area contributed by atoms with E-state index in [0.717, 1.165) is 0 Å². The number of aliphatic hydroxyl groups excluding tert-OH is 2. The maximum Gasteiger partial charge on any atom is 0.311 e. The Morgan fingerprint density at radius 1 is 1.00 bits per heavy atom. The molecule has 1 rings (SSSR count). The molecular formula is C15H26O7. The minimum atomic E-state index is -1.49. The van der Waals surface area contributed by atoms with Crippen molar-refractivity contribution >= 4 is 11.9 Å². The number of carbonyl (C=O) groups is 2. The normalized spacial score (nSPS) is 29.3.